The molecule has 0 heterocycles. The average molecular weight is 324 g/mol. The number of thiocarbonyl (C=S) groups is 1. The zero-order valence-electron chi connectivity index (χ0n) is 12.8. The quantitative estimate of drug-likeness (QED) is 0.389. The third kappa shape index (κ3) is 6.40. The van der Waals surface area contributed by atoms with Crippen molar-refractivity contribution in [3.63, 3.8) is 0 Å². The Morgan fingerprint density at radius 3 is 2.77 bits per heavy atom. The molecule has 1 aromatic rings. The summed E-state index contributed by atoms with van der Waals surface area (Å²) in [6, 6.07) is 5.40. The number of methoxy groups -OCH3 is 1. The van der Waals surface area contributed by atoms with Gasteiger partial charge in [-0.2, -0.15) is 5.10 Å². The van der Waals surface area contributed by atoms with Gasteiger partial charge in [0, 0.05) is 6.04 Å². The van der Waals surface area contributed by atoms with E-state index in [-0.39, 0.29) is 12.6 Å². The third-order valence-electron chi connectivity index (χ3n) is 2.36. The molecule has 0 aliphatic carbocycles. The van der Waals surface area contributed by atoms with Crippen LogP contribution in [-0.2, 0) is 4.79 Å². The Labute approximate surface area is 134 Å². The van der Waals surface area contributed by atoms with Crippen LogP contribution in [0.1, 0.15) is 19.4 Å². The smallest absolute Gasteiger partial charge is 0.255 e. The van der Waals surface area contributed by atoms with Crippen LogP contribution in [-0.4, -0.2) is 37.0 Å². The second kappa shape index (κ2) is 8.83. The van der Waals surface area contributed by atoms with Gasteiger partial charge in [0.15, 0.2) is 23.2 Å². The Morgan fingerprint density at radius 1 is 1.45 bits per heavy atom. The zero-order chi connectivity index (χ0) is 16.5. The molecule has 0 saturated heterocycles. The standard InChI is InChI=1S/C14H20N4O3S/c1-9(2)17-14(22)18-16-7-10-4-5-11(12(6-10)20-3)21-8-13(15)19/h4-7,9H,8H2,1-3H3,(H2,15,19)(H2,17,18,22)/b16-7-. The first-order chi connectivity index (χ1) is 10.4. The van der Waals surface area contributed by atoms with E-state index in [1.807, 2.05) is 13.8 Å². The summed E-state index contributed by atoms with van der Waals surface area (Å²) < 4.78 is 10.4. The van der Waals surface area contributed by atoms with Crippen LogP contribution in [0, 0.1) is 0 Å². The Hall–Kier alpha value is -2.35. The fourth-order valence-corrected chi connectivity index (χ4v) is 1.78. The van der Waals surface area contributed by atoms with Crippen molar-refractivity contribution >= 4 is 29.5 Å². The molecule has 4 N–H and O–H groups in total. The van der Waals surface area contributed by atoms with Gasteiger partial charge < -0.3 is 20.5 Å². The number of nitrogens with two attached hydrogens (primary N) is 1. The first-order valence-electron chi connectivity index (χ1n) is 6.61. The molecule has 0 bridgehead atoms. The van der Waals surface area contributed by atoms with Crippen LogP contribution >= 0.6 is 12.2 Å². The Bertz CT molecular complexity index is 561. The summed E-state index contributed by atoms with van der Waals surface area (Å²) in [5.41, 5.74) is 8.53. The average Bonchev–Trinajstić information content (AvgIpc) is 2.44. The number of nitrogens with zero attached hydrogens (tertiary/aromatic N) is 1. The van der Waals surface area contributed by atoms with E-state index in [4.69, 9.17) is 27.4 Å². The molecule has 0 fully saturated rings. The van der Waals surface area contributed by atoms with E-state index in [0.29, 0.717) is 16.6 Å². The van der Waals surface area contributed by atoms with Crippen molar-refractivity contribution in [3.05, 3.63) is 23.8 Å². The van der Waals surface area contributed by atoms with Crippen LogP contribution in [0.5, 0.6) is 11.5 Å². The van der Waals surface area contributed by atoms with Crippen molar-refractivity contribution < 1.29 is 14.3 Å². The lowest BCUT2D eigenvalue weighted by molar-refractivity contribution is -0.119. The number of amides is 1. The van der Waals surface area contributed by atoms with E-state index in [1.54, 1.807) is 24.4 Å². The van der Waals surface area contributed by atoms with Gasteiger partial charge in [-0.25, -0.2) is 0 Å². The minimum atomic E-state index is -0.553. The molecule has 0 unspecified atom stereocenters. The number of hydrogen-bond acceptors (Lipinski definition) is 5. The van der Waals surface area contributed by atoms with E-state index in [9.17, 15) is 4.79 Å². The molecule has 0 aliphatic rings. The fourth-order valence-electron chi connectivity index (χ4n) is 1.49. The molecule has 120 valence electrons. The lowest BCUT2D eigenvalue weighted by Gasteiger charge is -2.10. The van der Waals surface area contributed by atoms with Crippen molar-refractivity contribution in [2.75, 3.05) is 13.7 Å². The minimum Gasteiger partial charge on any atom is -0.493 e. The van der Waals surface area contributed by atoms with Crippen molar-refractivity contribution in [1.82, 2.24) is 10.7 Å². The van der Waals surface area contributed by atoms with Crippen molar-refractivity contribution in [2.24, 2.45) is 10.8 Å². The van der Waals surface area contributed by atoms with Crippen LogP contribution < -0.4 is 25.9 Å². The van der Waals surface area contributed by atoms with Crippen LogP contribution in [0.15, 0.2) is 23.3 Å². The van der Waals surface area contributed by atoms with Crippen LogP contribution in [0.25, 0.3) is 0 Å². The number of nitrogens with one attached hydrogen (secondary N) is 2. The van der Waals surface area contributed by atoms with Gasteiger partial charge in [-0.15, -0.1) is 0 Å². The first kappa shape index (κ1) is 17.7. The van der Waals surface area contributed by atoms with E-state index in [1.165, 1.54) is 7.11 Å². The Morgan fingerprint density at radius 2 is 2.18 bits per heavy atom. The second-order valence-electron chi connectivity index (χ2n) is 4.66. The molecule has 0 spiro atoms. The van der Waals surface area contributed by atoms with Crippen LogP contribution in [0.4, 0.5) is 0 Å². The highest BCUT2D eigenvalue weighted by atomic mass is 32.1. The predicted octanol–water partition coefficient (Wildman–Crippen LogP) is 0.766. The summed E-state index contributed by atoms with van der Waals surface area (Å²) in [6.45, 7) is 3.75. The number of ether oxygens (including phenoxy) is 2. The SMILES string of the molecule is COc1cc(/C=N\NC(=S)NC(C)C)ccc1OCC(N)=O. The first-order valence-corrected chi connectivity index (χ1v) is 7.02. The van der Waals surface area contributed by atoms with E-state index in [2.05, 4.69) is 15.8 Å². The maximum absolute atomic E-state index is 10.7. The predicted molar refractivity (Wildman–Crippen MR) is 89.3 cm³/mol. The van der Waals surface area contributed by atoms with Gasteiger partial charge in [0.25, 0.3) is 5.91 Å². The molecule has 0 atom stereocenters. The molecular weight excluding hydrogens is 304 g/mol. The van der Waals surface area contributed by atoms with Crippen LogP contribution in [0.3, 0.4) is 0 Å². The molecule has 22 heavy (non-hydrogen) atoms. The molecule has 0 radical (unpaired) electrons. The summed E-state index contributed by atoms with van der Waals surface area (Å²) in [6.07, 6.45) is 1.59. The minimum absolute atomic E-state index is 0.208. The number of hydrazone groups is 1. The lowest BCUT2D eigenvalue weighted by atomic mass is 10.2. The highest BCUT2D eigenvalue weighted by Crippen LogP contribution is 2.27. The number of benzene rings is 1. The van der Waals surface area contributed by atoms with Crippen LogP contribution in [0.2, 0.25) is 0 Å². The molecule has 7 nitrogen and oxygen atoms in total. The van der Waals surface area contributed by atoms with Gasteiger partial charge in [-0.1, -0.05) is 0 Å². The van der Waals surface area contributed by atoms with Crippen molar-refractivity contribution in [3.8, 4) is 11.5 Å². The molecule has 1 amide bonds. The summed E-state index contributed by atoms with van der Waals surface area (Å²) in [5, 5.41) is 7.47. The maximum atomic E-state index is 10.7. The molecular formula is C14H20N4O3S. The molecule has 0 aliphatic heterocycles. The summed E-state index contributed by atoms with van der Waals surface area (Å²) in [7, 11) is 1.51. The largest absolute Gasteiger partial charge is 0.493 e. The van der Waals surface area contributed by atoms with Gasteiger partial charge in [-0.3, -0.25) is 10.2 Å². The molecule has 0 saturated carbocycles. The van der Waals surface area contributed by atoms with Crippen molar-refractivity contribution in [1.29, 1.82) is 0 Å². The Kier molecular flexibility index (Phi) is 7.11. The maximum Gasteiger partial charge on any atom is 0.255 e. The number of rotatable bonds is 7. The molecule has 1 aromatic carbocycles. The fraction of sp³-hybridized carbons (Fsp3) is 0.357. The normalized spacial score (nSPS) is 10.5. The molecule has 8 heteroatoms. The Balaban J connectivity index is 2.68. The zero-order valence-corrected chi connectivity index (χ0v) is 13.6. The van der Waals surface area contributed by atoms with E-state index < -0.39 is 5.91 Å². The van der Waals surface area contributed by atoms with E-state index in [0.717, 1.165) is 5.56 Å². The number of carbonyl (C=O) groups excluding carboxylic acids is 1. The lowest BCUT2D eigenvalue weighted by Crippen LogP contribution is -2.36. The topological polar surface area (TPSA) is 98.0 Å². The number of carbonyl (C=O) groups is 1. The summed E-state index contributed by atoms with van der Waals surface area (Å²) in [5.74, 6) is 0.361. The molecule has 1 rings (SSSR count). The number of hydrogen-bond donors (Lipinski definition) is 3. The van der Waals surface area contributed by atoms with Crippen molar-refractivity contribution in [2.45, 2.75) is 19.9 Å². The highest BCUT2D eigenvalue weighted by Gasteiger charge is 2.06. The van der Waals surface area contributed by atoms with Gasteiger partial charge in [0.2, 0.25) is 0 Å². The third-order valence-corrected chi connectivity index (χ3v) is 2.57. The van der Waals surface area contributed by atoms with Gasteiger partial charge >= 0.3 is 0 Å². The molecule has 0 aromatic heterocycles. The van der Waals surface area contributed by atoms with Gasteiger partial charge in [0.1, 0.15) is 0 Å². The number of primary amides is 1. The summed E-state index contributed by atoms with van der Waals surface area (Å²) >= 11 is 5.05. The van der Waals surface area contributed by atoms with Gasteiger partial charge in [0.05, 0.1) is 13.3 Å². The second-order valence-corrected chi connectivity index (χ2v) is 5.07. The van der Waals surface area contributed by atoms with Gasteiger partial charge in [-0.05, 0) is 49.8 Å². The summed E-state index contributed by atoms with van der Waals surface area (Å²) in [4.78, 5) is 10.7. The van der Waals surface area contributed by atoms with E-state index >= 15 is 0 Å². The monoisotopic (exact) mass is 324 g/mol. The highest BCUT2D eigenvalue weighted by molar-refractivity contribution is 7.80.